The fraction of sp³-hybridized carbons (Fsp3) is 0.700. The molecule has 39 heavy (non-hydrogen) atoms. The molecule has 6 rings (SSSR count). The van der Waals surface area contributed by atoms with Crippen LogP contribution < -0.4 is 5.32 Å². The van der Waals surface area contributed by atoms with Crippen LogP contribution >= 0.6 is 0 Å². The molecule has 2 amide bonds. The van der Waals surface area contributed by atoms with Crippen molar-refractivity contribution in [2.45, 2.75) is 70.4 Å². The molecule has 1 aromatic rings. The normalized spacial score (nSPS) is 27.5. The van der Waals surface area contributed by atoms with Gasteiger partial charge < -0.3 is 15.0 Å². The van der Waals surface area contributed by atoms with Crippen molar-refractivity contribution in [2.24, 2.45) is 11.3 Å². The number of esters is 1. The Bertz CT molecular complexity index is 1010. The van der Waals surface area contributed by atoms with Gasteiger partial charge in [-0.3, -0.25) is 24.2 Å². The minimum absolute atomic E-state index is 0.114. The van der Waals surface area contributed by atoms with Crippen LogP contribution in [0.1, 0.15) is 57.4 Å². The Morgan fingerprint density at radius 1 is 1.00 bits per heavy atom. The number of fused-ring (bicyclic) bond motifs is 3. The van der Waals surface area contributed by atoms with Crippen molar-refractivity contribution in [2.75, 3.05) is 52.4 Å². The van der Waals surface area contributed by atoms with Crippen molar-refractivity contribution in [1.82, 2.24) is 20.0 Å². The van der Waals surface area contributed by atoms with Gasteiger partial charge >= 0.3 is 5.97 Å². The van der Waals surface area contributed by atoms with Crippen LogP contribution in [0.5, 0.6) is 0 Å². The van der Waals surface area contributed by atoms with Crippen molar-refractivity contribution in [3.8, 4) is 0 Å². The third-order valence-electron chi connectivity index (χ3n) is 9.59. The Labute approximate surface area is 231 Å². The molecule has 1 saturated carbocycles. The number of piperidine rings is 1. The van der Waals surface area contributed by atoms with Crippen molar-refractivity contribution < 1.29 is 23.5 Å². The average Bonchev–Trinajstić information content (AvgIpc) is 2.98. The van der Waals surface area contributed by atoms with Gasteiger partial charge in [0.25, 0.3) is 0 Å². The van der Waals surface area contributed by atoms with Crippen molar-refractivity contribution in [3.05, 3.63) is 35.6 Å². The molecule has 1 aliphatic carbocycles. The highest BCUT2D eigenvalue weighted by molar-refractivity contribution is 5.90. The smallest absolute Gasteiger partial charge is 0.312 e. The molecule has 2 atom stereocenters. The fourth-order valence-electron chi connectivity index (χ4n) is 7.25. The lowest BCUT2D eigenvalue weighted by Gasteiger charge is -2.47. The lowest BCUT2D eigenvalue weighted by molar-refractivity contribution is -0.166. The Balaban J connectivity index is 1.30. The molecule has 4 aliphatic heterocycles. The van der Waals surface area contributed by atoms with E-state index in [0.29, 0.717) is 51.4 Å². The molecule has 4 heterocycles. The molecule has 8 nitrogen and oxygen atoms in total. The monoisotopic (exact) mass is 542 g/mol. The summed E-state index contributed by atoms with van der Waals surface area (Å²) in [6.45, 7) is 7.47. The van der Waals surface area contributed by atoms with Crippen molar-refractivity contribution >= 4 is 17.8 Å². The number of rotatable bonds is 8. The molecule has 5 aliphatic rings. The quantitative estimate of drug-likeness (QED) is 0.509. The minimum atomic E-state index is -0.746. The molecule has 0 aromatic heterocycles. The summed E-state index contributed by atoms with van der Waals surface area (Å²) in [6, 6.07) is 5.10. The predicted molar refractivity (Wildman–Crippen MR) is 145 cm³/mol. The highest BCUT2D eigenvalue weighted by Crippen LogP contribution is 2.47. The van der Waals surface area contributed by atoms with E-state index in [0.717, 1.165) is 57.4 Å². The number of ether oxygens (including phenoxy) is 1. The van der Waals surface area contributed by atoms with Crippen LogP contribution in [0.15, 0.2) is 24.3 Å². The first kappa shape index (κ1) is 28.0. The maximum absolute atomic E-state index is 13.9. The number of piperazine rings is 3. The first-order chi connectivity index (χ1) is 18.9. The summed E-state index contributed by atoms with van der Waals surface area (Å²) in [5, 5.41) is 3.08. The summed E-state index contributed by atoms with van der Waals surface area (Å²) in [7, 11) is 0. The summed E-state index contributed by atoms with van der Waals surface area (Å²) < 4.78 is 19.1. The standard InChI is InChI=1S/C30H43FN4O4/c1-2-39-29(38)30(23-6-4-3-5-7-23)12-14-35(15-13-30)28(37)25(20-22-8-10-24(31)11-9-22)32-27(36)26-21-33-16-18-34(26)19-17-33/h8-11,23,25-26H,2-7,12-21H2,1H3,(H,32,36)/t25-,26?/m1/s1. The first-order valence-corrected chi connectivity index (χ1v) is 14.9. The van der Waals surface area contributed by atoms with E-state index in [1.165, 1.54) is 18.6 Å². The molecular weight excluding hydrogens is 499 g/mol. The second kappa shape index (κ2) is 12.3. The molecule has 214 valence electrons. The predicted octanol–water partition coefficient (Wildman–Crippen LogP) is 2.61. The number of hydrogen-bond donors (Lipinski definition) is 1. The van der Waals surface area contributed by atoms with E-state index >= 15 is 0 Å². The lowest BCUT2D eigenvalue weighted by Crippen LogP contribution is -2.66. The molecule has 0 radical (unpaired) electrons. The van der Waals surface area contributed by atoms with Gasteiger partial charge in [0.15, 0.2) is 0 Å². The van der Waals surface area contributed by atoms with Crippen LogP contribution in [0, 0.1) is 17.2 Å². The second-order valence-corrected chi connectivity index (χ2v) is 11.8. The number of hydrogen-bond acceptors (Lipinski definition) is 6. The summed E-state index contributed by atoms with van der Waals surface area (Å²) in [5.41, 5.74) is 0.260. The van der Waals surface area contributed by atoms with Crippen LogP contribution in [0.25, 0.3) is 0 Å². The zero-order valence-electron chi connectivity index (χ0n) is 23.2. The highest BCUT2D eigenvalue weighted by atomic mass is 19.1. The maximum atomic E-state index is 13.9. The van der Waals surface area contributed by atoms with Gasteiger partial charge in [0.2, 0.25) is 11.8 Å². The zero-order chi connectivity index (χ0) is 27.4. The van der Waals surface area contributed by atoms with Gasteiger partial charge in [-0.1, -0.05) is 31.4 Å². The van der Waals surface area contributed by atoms with Gasteiger partial charge in [-0.25, -0.2) is 4.39 Å². The third-order valence-corrected chi connectivity index (χ3v) is 9.59. The number of nitrogens with one attached hydrogen (secondary N) is 1. The van der Waals surface area contributed by atoms with E-state index in [9.17, 15) is 18.8 Å². The van der Waals surface area contributed by atoms with Crippen LogP contribution in [-0.2, 0) is 25.5 Å². The third kappa shape index (κ3) is 6.14. The molecule has 9 heteroatoms. The van der Waals surface area contributed by atoms with Gasteiger partial charge in [-0.05, 0) is 56.2 Å². The largest absolute Gasteiger partial charge is 0.466 e. The van der Waals surface area contributed by atoms with E-state index < -0.39 is 11.5 Å². The minimum Gasteiger partial charge on any atom is -0.466 e. The van der Waals surface area contributed by atoms with Gasteiger partial charge in [0.05, 0.1) is 12.0 Å². The number of halogens is 1. The highest BCUT2D eigenvalue weighted by Gasteiger charge is 2.49. The summed E-state index contributed by atoms with van der Waals surface area (Å²) in [5.74, 6) is -0.413. The number of benzene rings is 1. The molecule has 2 bridgehead atoms. The van der Waals surface area contributed by atoms with Crippen LogP contribution in [-0.4, -0.2) is 97.0 Å². The molecule has 5 fully saturated rings. The Hall–Kier alpha value is -2.52. The van der Waals surface area contributed by atoms with Gasteiger partial charge in [-0.15, -0.1) is 0 Å². The SMILES string of the molecule is CCOC(=O)C1(C2CCCCC2)CCN(C(=O)[C@@H](Cc2ccc(F)cc2)NC(=O)C2CN3CCN2CC3)CC1. The van der Waals surface area contributed by atoms with E-state index in [-0.39, 0.29) is 29.6 Å². The second-order valence-electron chi connectivity index (χ2n) is 11.8. The molecule has 0 spiro atoms. The van der Waals surface area contributed by atoms with E-state index in [2.05, 4.69) is 15.1 Å². The first-order valence-electron chi connectivity index (χ1n) is 14.9. The van der Waals surface area contributed by atoms with Gasteiger partial charge in [0.1, 0.15) is 17.9 Å². The summed E-state index contributed by atoms with van der Waals surface area (Å²) in [4.78, 5) is 46.9. The fourth-order valence-corrected chi connectivity index (χ4v) is 7.25. The Morgan fingerprint density at radius 3 is 2.26 bits per heavy atom. The molecule has 4 saturated heterocycles. The average molecular weight is 543 g/mol. The lowest BCUT2D eigenvalue weighted by atomic mass is 9.63. The summed E-state index contributed by atoms with van der Waals surface area (Å²) in [6.07, 6.45) is 7.02. The number of likely N-dealkylation sites (tertiary alicyclic amines) is 1. The number of carbonyl (C=O) groups excluding carboxylic acids is 3. The summed E-state index contributed by atoms with van der Waals surface area (Å²) >= 11 is 0. The van der Waals surface area contributed by atoms with E-state index in [1.807, 2.05) is 11.8 Å². The maximum Gasteiger partial charge on any atom is 0.312 e. The topological polar surface area (TPSA) is 82.2 Å². The van der Waals surface area contributed by atoms with Crippen LogP contribution in [0.4, 0.5) is 4.39 Å². The van der Waals surface area contributed by atoms with Crippen LogP contribution in [0.3, 0.4) is 0 Å². The molecule has 1 unspecified atom stereocenters. The zero-order valence-corrected chi connectivity index (χ0v) is 23.2. The van der Waals surface area contributed by atoms with Crippen molar-refractivity contribution in [1.29, 1.82) is 0 Å². The number of carbonyl (C=O) groups is 3. The van der Waals surface area contributed by atoms with Gasteiger partial charge in [0, 0.05) is 52.2 Å². The number of amides is 2. The van der Waals surface area contributed by atoms with E-state index in [1.54, 1.807) is 12.1 Å². The van der Waals surface area contributed by atoms with Crippen LogP contribution in [0.2, 0.25) is 0 Å². The Kier molecular flexibility index (Phi) is 8.86. The van der Waals surface area contributed by atoms with Gasteiger partial charge in [-0.2, -0.15) is 0 Å². The van der Waals surface area contributed by atoms with E-state index in [4.69, 9.17) is 4.74 Å². The number of nitrogens with zero attached hydrogens (tertiary/aromatic N) is 3. The Morgan fingerprint density at radius 2 is 1.67 bits per heavy atom. The molecule has 1 N–H and O–H groups in total. The molecular formula is C30H43FN4O4. The van der Waals surface area contributed by atoms with Crippen molar-refractivity contribution in [3.63, 3.8) is 0 Å². The molecule has 1 aromatic carbocycles.